The number of aliphatic hydroxyl groups is 1. The molecule has 0 aromatic carbocycles. The predicted octanol–water partition coefficient (Wildman–Crippen LogP) is 1.78. The number of alkyl halides is 2. The van der Waals surface area contributed by atoms with Gasteiger partial charge >= 0.3 is 0 Å². The van der Waals surface area contributed by atoms with Gasteiger partial charge in [-0.15, -0.1) is 0 Å². The van der Waals surface area contributed by atoms with Gasteiger partial charge in [0, 0.05) is 0 Å². The zero-order valence-electron chi connectivity index (χ0n) is 8.20. The number of hydrogen-bond acceptors (Lipinski definition) is 2. The quantitative estimate of drug-likeness (QED) is 0.713. The summed E-state index contributed by atoms with van der Waals surface area (Å²) < 4.78 is 31.4. The Morgan fingerprint density at radius 2 is 2.07 bits per heavy atom. The SMILES string of the molecule is C/C=C/COC1CCC(O)C(F)C1F. The van der Waals surface area contributed by atoms with E-state index in [0.717, 1.165) is 0 Å². The van der Waals surface area contributed by atoms with Crippen LogP contribution < -0.4 is 0 Å². The van der Waals surface area contributed by atoms with Gasteiger partial charge in [0.25, 0.3) is 0 Å². The molecule has 0 radical (unpaired) electrons. The van der Waals surface area contributed by atoms with Gasteiger partial charge < -0.3 is 9.84 Å². The first kappa shape index (κ1) is 11.6. The summed E-state index contributed by atoms with van der Waals surface area (Å²) in [6.07, 6.45) is -1.23. The molecule has 4 heteroatoms. The molecule has 0 spiro atoms. The molecule has 1 N–H and O–H groups in total. The highest BCUT2D eigenvalue weighted by atomic mass is 19.2. The van der Waals surface area contributed by atoms with Crippen LogP contribution in [0.3, 0.4) is 0 Å². The molecule has 4 unspecified atom stereocenters. The minimum absolute atomic E-state index is 0.266. The van der Waals surface area contributed by atoms with Gasteiger partial charge in [-0.05, 0) is 19.8 Å². The Kier molecular flexibility index (Phi) is 4.48. The van der Waals surface area contributed by atoms with Crippen LogP contribution in [0.15, 0.2) is 12.2 Å². The minimum Gasteiger partial charge on any atom is -0.390 e. The first-order valence-electron chi connectivity index (χ1n) is 4.85. The van der Waals surface area contributed by atoms with Gasteiger partial charge in [-0.25, -0.2) is 8.78 Å². The number of aliphatic hydroxyl groups excluding tert-OH is 1. The number of halogens is 2. The molecule has 14 heavy (non-hydrogen) atoms. The molecule has 1 saturated carbocycles. The number of allylic oxidation sites excluding steroid dienone is 1. The highest BCUT2D eigenvalue weighted by molar-refractivity contribution is 4.89. The molecule has 0 saturated heterocycles. The third-order valence-electron chi connectivity index (χ3n) is 2.42. The first-order valence-corrected chi connectivity index (χ1v) is 4.85. The van der Waals surface area contributed by atoms with Crippen LogP contribution in [0, 0.1) is 0 Å². The number of ether oxygens (including phenoxy) is 1. The predicted molar refractivity (Wildman–Crippen MR) is 49.6 cm³/mol. The zero-order valence-corrected chi connectivity index (χ0v) is 8.20. The largest absolute Gasteiger partial charge is 0.390 e. The Morgan fingerprint density at radius 3 is 2.71 bits per heavy atom. The molecule has 4 atom stereocenters. The molecule has 0 bridgehead atoms. The Hall–Kier alpha value is -0.480. The molecule has 1 rings (SSSR count). The summed E-state index contributed by atoms with van der Waals surface area (Å²) in [7, 11) is 0. The van der Waals surface area contributed by atoms with Crippen LogP contribution in [0.5, 0.6) is 0 Å². The van der Waals surface area contributed by atoms with E-state index in [9.17, 15) is 8.78 Å². The fourth-order valence-corrected chi connectivity index (χ4v) is 1.52. The van der Waals surface area contributed by atoms with Crippen molar-refractivity contribution in [2.75, 3.05) is 6.61 Å². The van der Waals surface area contributed by atoms with Crippen LogP contribution in [0.2, 0.25) is 0 Å². The monoisotopic (exact) mass is 206 g/mol. The maximum atomic E-state index is 13.2. The van der Waals surface area contributed by atoms with E-state index in [2.05, 4.69) is 0 Å². The first-order chi connectivity index (χ1) is 6.66. The van der Waals surface area contributed by atoms with E-state index in [-0.39, 0.29) is 6.42 Å². The molecule has 1 fully saturated rings. The summed E-state index contributed by atoms with van der Waals surface area (Å²) >= 11 is 0. The molecule has 0 aromatic rings. The average molecular weight is 206 g/mol. The van der Waals surface area contributed by atoms with Crippen LogP contribution in [0.1, 0.15) is 19.8 Å². The fourth-order valence-electron chi connectivity index (χ4n) is 1.52. The van der Waals surface area contributed by atoms with E-state index in [0.29, 0.717) is 13.0 Å². The Balaban J connectivity index is 2.38. The zero-order chi connectivity index (χ0) is 10.6. The Morgan fingerprint density at radius 1 is 1.36 bits per heavy atom. The summed E-state index contributed by atoms with van der Waals surface area (Å²) in [5, 5.41) is 9.05. The molecular formula is C10H16F2O2. The summed E-state index contributed by atoms with van der Waals surface area (Å²) in [6.45, 7) is 2.13. The van der Waals surface area contributed by atoms with E-state index >= 15 is 0 Å². The molecule has 0 aliphatic heterocycles. The highest BCUT2D eigenvalue weighted by Gasteiger charge is 2.39. The smallest absolute Gasteiger partial charge is 0.160 e. The van der Waals surface area contributed by atoms with Gasteiger partial charge in [-0.1, -0.05) is 12.2 Å². The van der Waals surface area contributed by atoms with Crippen molar-refractivity contribution in [2.45, 2.75) is 44.3 Å². The second-order valence-electron chi connectivity index (χ2n) is 3.47. The minimum atomic E-state index is -1.81. The van der Waals surface area contributed by atoms with E-state index in [4.69, 9.17) is 9.84 Å². The van der Waals surface area contributed by atoms with Crippen LogP contribution in [0.25, 0.3) is 0 Å². The number of rotatable bonds is 3. The Bertz CT molecular complexity index is 197. The lowest BCUT2D eigenvalue weighted by Crippen LogP contribution is -2.45. The van der Waals surface area contributed by atoms with Crippen LogP contribution in [-0.2, 0) is 4.74 Å². The van der Waals surface area contributed by atoms with Gasteiger partial charge in [-0.3, -0.25) is 0 Å². The van der Waals surface area contributed by atoms with Gasteiger partial charge in [0.2, 0.25) is 0 Å². The maximum Gasteiger partial charge on any atom is 0.160 e. The molecule has 0 aromatic heterocycles. The third-order valence-corrected chi connectivity index (χ3v) is 2.42. The Labute approximate surface area is 82.6 Å². The van der Waals surface area contributed by atoms with Crippen molar-refractivity contribution in [2.24, 2.45) is 0 Å². The van der Waals surface area contributed by atoms with Crippen molar-refractivity contribution in [3.8, 4) is 0 Å². The lowest BCUT2D eigenvalue weighted by Gasteiger charge is -2.31. The van der Waals surface area contributed by atoms with Crippen molar-refractivity contribution >= 4 is 0 Å². The van der Waals surface area contributed by atoms with E-state index in [1.165, 1.54) is 0 Å². The summed E-state index contributed by atoms with van der Waals surface area (Å²) in [4.78, 5) is 0. The standard InChI is InChI=1S/C10H16F2O2/c1-2-3-6-14-8-5-4-7(13)9(11)10(8)12/h2-3,7-10,13H,4-6H2,1H3/b3-2+. The lowest BCUT2D eigenvalue weighted by atomic mass is 9.91. The molecule has 1 aliphatic carbocycles. The van der Waals surface area contributed by atoms with Crippen LogP contribution in [-0.4, -0.2) is 36.3 Å². The van der Waals surface area contributed by atoms with E-state index in [1.807, 2.05) is 6.92 Å². The van der Waals surface area contributed by atoms with Crippen molar-refractivity contribution in [3.05, 3.63) is 12.2 Å². The molecule has 0 amide bonds. The third kappa shape index (κ3) is 2.75. The van der Waals surface area contributed by atoms with E-state index < -0.39 is 24.6 Å². The van der Waals surface area contributed by atoms with Gasteiger partial charge in [0.1, 0.15) is 0 Å². The second-order valence-corrected chi connectivity index (χ2v) is 3.47. The summed E-state index contributed by atoms with van der Waals surface area (Å²) in [5.74, 6) is 0. The molecule has 2 nitrogen and oxygen atoms in total. The topological polar surface area (TPSA) is 29.5 Å². The van der Waals surface area contributed by atoms with Gasteiger partial charge in [0.05, 0.1) is 18.8 Å². The summed E-state index contributed by atoms with van der Waals surface area (Å²) in [5.41, 5.74) is 0. The van der Waals surface area contributed by atoms with Crippen LogP contribution >= 0.6 is 0 Å². The average Bonchev–Trinajstić information content (AvgIpc) is 2.18. The number of hydrogen-bond donors (Lipinski definition) is 1. The van der Waals surface area contributed by atoms with Gasteiger partial charge in [-0.2, -0.15) is 0 Å². The van der Waals surface area contributed by atoms with Crippen molar-refractivity contribution in [3.63, 3.8) is 0 Å². The van der Waals surface area contributed by atoms with Crippen molar-refractivity contribution in [1.29, 1.82) is 0 Å². The normalized spacial score (nSPS) is 39.1. The second kappa shape index (κ2) is 5.41. The lowest BCUT2D eigenvalue weighted by molar-refractivity contribution is -0.0920. The molecule has 1 aliphatic rings. The molecule has 82 valence electrons. The van der Waals surface area contributed by atoms with Crippen LogP contribution in [0.4, 0.5) is 8.78 Å². The maximum absolute atomic E-state index is 13.2. The van der Waals surface area contributed by atoms with Crippen molar-refractivity contribution < 1.29 is 18.6 Å². The van der Waals surface area contributed by atoms with Gasteiger partial charge in [0.15, 0.2) is 12.3 Å². The molecular weight excluding hydrogens is 190 g/mol. The summed E-state index contributed by atoms with van der Waals surface area (Å²) in [6, 6.07) is 0. The molecule has 0 heterocycles. The van der Waals surface area contributed by atoms with Crippen molar-refractivity contribution in [1.82, 2.24) is 0 Å². The van der Waals surface area contributed by atoms with E-state index in [1.54, 1.807) is 12.2 Å². The fraction of sp³-hybridized carbons (Fsp3) is 0.800. The highest BCUT2D eigenvalue weighted by Crippen LogP contribution is 2.27.